The minimum atomic E-state index is -0.729. The number of amides is 2. The molecular formula is C14H24N2O3. The lowest BCUT2D eigenvalue weighted by Gasteiger charge is -2.23. The third-order valence-electron chi connectivity index (χ3n) is 4.88. The molecule has 0 aromatic heterocycles. The minimum Gasteiger partial charge on any atom is -0.481 e. The molecular weight excluding hydrogens is 244 g/mol. The summed E-state index contributed by atoms with van der Waals surface area (Å²) in [6.07, 6.45) is 3.64. The largest absolute Gasteiger partial charge is 0.481 e. The zero-order valence-corrected chi connectivity index (χ0v) is 11.8. The van der Waals surface area contributed by atoms with E-state index >= 15 is 0 Å². The van der Waals surface area contributed by atoms with Crippen molar-refractivity contribution in [2.75, 3.05) is 19.6 Å². The first-order valence-corrected chi connectivity index (χ1v) is 7.25. The van der Waals surface area contributed by atoms with Gasteiger partial charge in [0.25, 0.3) is 0 Å². The summed E-state index contributed by atoms with van der Waals surface area (Å²) in [5, 5.41) is 12.4. The molecule has 0 radical (unpaired) electrons. The van der Waals surface area contributed by atoms with E-state index in [2.05, 4.69) is 19.2 Å². The highest BCUT2D eigenvalue weighted by Gasteiger charge is 2.55. The summed E-state index contributed by atoms with van der Waals surface area (Å²) in [4.78, 5) is 25.3. The number of rotatable bonds is 4. The zero-order chi connectivity index (χ0) is 14.0. The Morgan fingerprint density at radius 2 is 2.26 bits per heavy atom. The van der Waals surface area contributed by atoms with E-state index in [4.69, 9.17) is 0 Å². The van der Waals surface area contributed by atoms with Gasteiger partial charge in [0.2, 0.25) is 0 Å². The Bertz CT molecular complexity index is 372. The van der Waals surface area contributed by atoms with Crippen molar-refractivity contribution in [3.8, 4) is 0 Å². The molecule has 1 aliphatic carbocycles. The maximum absolute atomic E-state index is 12.1. The first kappa shape index (κ1) is 14.2. The van der Waals surface area contributed by atoms with E-state index in [1.165, 1.54) is 0 Å². The quantitative estimate of drug-likeness (QED) is 0.818. The SMILES string of the molecule is CCC(C)CNC(=O)N1C[C@@H]2CCC[C@@]2(C(=O)O)C1. The summed E-state index contributed by atoms with van der Waals surface area (Å²) >= 11 is 0. The third kappa shape index (κ3) is 2.55. The Morgan fingerprint density at radius 1 is 1.53 bits per heavy atom. The van der Waals surface area contributed by atoms with Crippen LogP contribution in [0.15, 0.2) is 0 Å². The molecule has 1 unspecified atom stereocenters. The van der Waals surface area contributed by atoms with Crippen LogP contribution in [0.2, 0.25) is 0 Å². The Balaban J connectivity index is 1.94. The molecule has 3 atom stereocenters. The molecule has 5 heteroatoms. The topological polar surface area (TPSA) is 69.6 Å². The molecule has 1 saturated carbocycles. The number of carboxylic acid groups (broad SMARTS) is 1. The van der Waals surface area contributed by atoms with E-state index in [9.17, 15) is 14.7 Å². The molecule has 0 aromatic rings. The number of nitrogens with one attached hydrogen (secondary N) is 1. The van der Waals surface area contributed by atoms with Gasteiger partial charge in [0.1, 0.15) is 0 Å². The molecule has 2 amide bonds. The number of likely N-dealkylation sites (tertiary alicyclic amines) is 1. The van der Waals surface area contributed by atoms with E-state index in [0.29, 0.717) is 32.0 Å². The molecule has 0 spiro atoms. The number of aliphatic carboxylic acids is 1. The molecule has 108 valence electrons. The maximum atomic E-state index is 12.1. The zero-order valence-electron chi connectivity index (χ0n) is 11.8. The van der Waals surface area contributed by atoms with Crippen LogP contribution in [-0.4, -0.2) is 41.6 Å². The summed E-state index contributed by atoms with van der Waals surface area (Å²) in [7, 11) is 0. The second-order valence-corrected chi connectivity index (χ2v) is 6.13. The van der Waals surface area contributed by atoms with Crippen molar-refractivity contribution in [2.45, 2.75) is 39.5 Å². The van der Waals surface area contributed by atoms with Crippen molar-refractivity contribution in [1.82, 2.24) is 10.2 Å². The average Bonchev–Trinajstić information content (AvgIpc) is 2.92. The molecule has 19 heavy (non-hydrogen) atoms. The first-order valence-electron chi connectivity index (χ1n) is 7.25. The predicted octanol–water partition coefficient (Wildman–Crippen LogP) is 1.93. The fraction of sp³-hybridized carbons (Fsp3) is 0.857. The van der Waals surface area contributed by atoms with E-state index in [0.717, 1.165) is 19.3 Å². The van der Waals surface area contributed by atoms with Gasteiger partial charge in [-0.25, -0.2) is 4.79 Å². The van der Waals surface area contributed by atoms with Crippen LogP contribution >= 0.6 is 0 Å². The van der Waals surface area contributed by atoms with Gasteiger partial charge >= 0.3 is 12.0 Å². The average molecular weight is 268 g/mol. The normalized spacial score (nSPS) is 31.1. The fourth-order valence-electron chi connectivity index (χ4n) is 3.31. The third-order valence-corrected chi connectivity index (χ3v) is 4.88. The molecule has 5 nitrogen and oxygen atoms in total. The summed E-state index contributed by atoms with van der Waals surface area (Å²) in [6, 6.07) is -0.102. The van der Waals surface area contributed by atoms with Gasteiger partial charge in [-0.2, -0.15) is 0 Å². The molecule has 2 fully saturated rings. The number of urea groups is 1. The van der Waals surface area contributed by atoms with Gasteiger partial charge in [0.05, 0.1) is 5.41 Å². The van der Waals surface area contributed by atoms with Crippen LogP contribution in [0.5, 0.6) is 0 Å². The van der Waals surface area contributed by atoms with Crippen molar-refractivity contribution in [2.24, 2.45) is 17.3 Å². The molecule has 0 aromatic carbocycles. The Morgan fingerprint density at radius 3 is 2.84 bits per heavy atom. The molecule has 2 aliphatic rings. The summed E-state index contributed by atoms with van der Waals surface area (Å²) in [5.74, 6) is -0.133. The van der Waals surface area contributed by atoms with Gasteiger partial charge in [-0.05, 0) is 24.7 Å². The predicted molar refractivity (Wildman–Crippen MR) is 71.8 cm³/mol. The summed E-state index contributed by atoms with van der Waals surface area (Å²) in [5.41, 5.74) is -0.673. The van der Waals surface area contributed by atoms with E-state index in [1.807, 2.05) is 0 Å². The van der Waals surface area contributed by atoms with Crippen molar-refractivity contribution in [3.05, 3.63) is 0 Å². The number of carboxylic acids is 1. The van der Waals surface area contributed by atoms with Gasteiger partial charge in [0, 0.05) is 19.6 Å². The van der Waals surface area contributed by atoms with Crippen LogP contribution in [0.3, 0.4) is 0 Å². The standard InChI is InChI=1S/C14H24N2O3/c1-3-10(2)7-15-13(19)16-8-11-5-4-6-14(11,9-16)12(17)18/h10-11H,3-9H2,1-2H3,(H,15,19)(H,17,18)/t10?,11-,14+/m0/s1. The van der Waals surface area contributed by atoms with Gasteiger partial charge in [-0.15, -0.1) is 0 Å². The van der Waals surface area contributed by atoms with Crippen LogP contribution in [-0.2, 0) is 4.79 Å². The molecule has 0 bridgehead atoms. The van der Waals surface area contributed by atoms with E-state index < -0.39 is 11.4 Å². The second-order valence-electron chi connectivity index (χ2n) is 6.13. The minimum absolute atomic E-state index is 0.102. The summed E-state index contributed by atoms with van der Waals surface area (Å²) < 4.78 is 0. The van der Waals surface area contributed by atoms with Gasteiger partial charge < -0.3 is 15.3 Å². The van der Waals surface area contributed by atoms with E-state index in [1.54, 1.807) is 4.90 Å². The van der Waals surface area contributed by atoms with Gasteiger partial charge in [0.15, 0.2) is 0 Å². The second kappa shape index (κ2) is 5.39. The smallest absolute Gasteiger partial charge is 0.317 e. The molecule has 2 rings (SSSR count). The summed E-state index contributed by atoms with van der Waals surface area (Å²) in [6.45, 7) is 5.82. The van der Waals surface area contributed by atoms with Crippen LogP contribution in [0.4, 0.5) is 4.79 Å². The lowest BCUT2D eigenvalue weighted by atomic mass is 9.81. The molecule has 1 saturated heterocycles. The van der Waals surface area contributed by atoms with E-state index in [-0.39, 0.29) is 11.9 Å². The number of hydrogen-bond donors (Lipinski definition) is 2. The number of nitrogens with zero attached hydrogens (tertiary/aromatic N) is 1. The Hall–Kier alpha value is -1.26. The Kier molecular flexibility index (Phi) is 4.02. The molecule has 2 N–H and O–H groups in total. The number of hydrogen-bond acceptors (Lipinski definition) is 2. The van der Waals surface area contributed by atoms with Crippen molar-refractivity contribution in [3.63, 3.8) is 0 Å². The lowest BCUT2D eigenvalue weighted by molar-refractivity contribution is -0.149. The Labute approximate surface area is 114 Å². The molecule has 1 heterocycles. The highest BCUT2D eigenvalue weighted by molar-refractivity contribution is 5.80. The van der Waals surface area contributed by atoms with Gasteiger partial charge in [-0.1, -0.05) is 26.7 Å². The highest BCUT2D eigenvalue weighted by Crippen LogP contribution is 2.48. The van der Waals surface area contributed by atoms with Crippen LogP contribution in [0.1, 0.15) is 39.5 Å². The van der Waals surface area contributed by atoms with Crippen molar-refractivity contribution >= 4 is 12.0 Å². The molecule has 1 aliphatic heterocycles. The highest BCUT2D eigenvalue weighted by atomic mass is 16.4. The van der Waals surface area contributed by atoms with Crippen LogP contribution in [0.25, 0.3) is 0 Å². The number of fused-ring (bicyclic) bond motifs is 1. The number of carbonyl (C=O) groups is 2. The van der Waals surface area contributed by atoms with Crippen LogP contribution < -0.4 is 5.32 Å². The maximum Gasteiger partial charge on any atom is 0.317 e. The fourth-order valence-corrected chi connectivity index (χ4v) is 3.31. The first-order chi connectivity index (χ1) is 8.99. The van der Waals surface area contributed by atoms with Crippen molar-refractivity contribution < 1.29 is 14.7 Å². The van der Waals surface area contributed by atoms with Crippen LogP contribution in [0, 0.1) is 17.3 Å². The monoisotopic (exact) mass is 268 g/mol. The van der Waals surface area contributed by atoms with Crippen molar-refractivity contribution in [1.29, 1.82) is 0 Å². The number of carbonyl (C=O) groups excluding carboxylic acids is 1. The van der Waals surface area contributed by atoms with Gasteiger partial charge in [-0.3, -0.25) is 4.79 Å². The lowest BCUT2D eigenvalue weighted by Crippen LogP contribution is -2.42.